The molecule has 0 aliphatic heterocycles. The number of halogens is 3. The molecule has 0 radical (unpaired) electrons. The molecule has 0 aliphatic carbocycles. The lowest BCUT2D eigenvalue weighted by Gasteiger charge is -2.16. The highest BCUT2D eigenvalue weighted by molar-refractivity contribution is 5.76. The van der Waals surface area contributed by atoms with Crippen molar-refractivity contribution in [2.75, 3.05) is 0 Å². The fourth-order valence-corrected chi connectivity index (χ4v) is 2.53. The Morgan fingerprint density at radius 2 is 1.76 bits per heavy atom. The minimum absolute atomic E-state index is 0.262. The Balaban J connectivity index is 2.50. The molecule has 0 aliphatic rings. The number of hydrogen-bond acceptors (Lipinski definition) is 2. The van der Waals surface area contributed by atoms with Crippen LogP contribution in [0.2, 0.25) is 0 Å². The standard InChI is InChI=1S/C20H17F3O2/c1-5-11-24-19-14(4)18(12-13(3)17(19)6-2)15-7-9-16(10-8-15)25-20(21,22)23/h6-10,12H,2H2,1,3-4H3. The van der Waals surface area contributed by atoms with Crippen LogP contribution in [-0.4, -0.2) is 6.36 Å². The Morgan fingerprint density at radius 3 is 2.28 bits per heavy atom. The maximum Gasteiger partial charge on any atom is 0.573 e. The smallest absolute Gasteiger partial charge is 0.407 e. The predicted octanol–water partition coefficient (Wildman–Crippen LogP) is 5.87. The van der Waals surface area contributed by atoms with Crippen molar-refractivity contribution in [1.29, 1.82) is 0 Å². The van der Waals surface area contributed by atoms with Gasteiger partial charge in [-0.1, -0.05) is 36.8 Å². The number of alkyl halides is 3. The van der Waals surface area contributed by atoms with Crippen LogP contribution in [0.5, 0.6) is 11.5 Å². The van der Waals surface area contributed by atoms with Crippen molar-refractivity contribution in [3.05, 3.63) is 53.6 Å². The molecule has 0 N–H and O–H groups in total. The monoisotopic (exact) mass is 346 g/mol. The van der Waals surface area contributed by atoms with Crippen molar-refractivity contribution in [2.45, 2.75) is 27.1 Å². The third kappa shape index (κ3) is 4.36. The van der Waals surface area contributed by atoms with Crippen LogP contribution in [0.15, 0.2) is 36.9 Å². The second kappa shape index (κ2) is 7.35. The van der Waals surface area contributed by atoms with Crippen molar-refractivity contribution in [2.24, 2.45) is 0 Å². The highest BCUT2D eigenvalue weighted by atomic mass is 19.4. The first-order valence-electron chi connectivity index (χ1n) is 7.48. The molecule has 130 valence electrons. The molecule has 0 aromatic heterocycles. The fraction of sp³-hybridized carbons (Fsp3) is 0.200. The van der Waals surface area contributed by atoms with Crippen molar-refractivity contribution in [3.8, 4) is 34.7 Å². The maximum absolute atomic E-state index is 12.3. The number of aryl methyl sites for hydroxylation is 1. The lowest BCUT2D eigenvalue weighted by Crippen LogP contribution is -2.16. The molecule has 0 fully saturated rings. The van der Waals surface area contributed by atoms with E-state index in [9.17, 15) is 13.2 Å². The molecular formula is C20H17F3O2. The molecule has 0 atom stereocenters. The second-order valence-electron chi connectivity index (χ2n) is 5.34. The van der Waals surface area contributed by atoms with Crippen LogP contribution in [0.1, 0.15) is 23.6 Å². The fourth-order valence-electron chi connectivity index (χ4n) is 2.53. The first-order valence-corrected chi connectivity index (χ1v) is 7.48. The van der Waals surface area contributed by atoms with Gasteiger partial charge in [-0.3, -0.25) is 0 Å². The minimum atomic E-state index is -4.71. The van der Waals surface area contributed by atoms with Crippen molar-refractivity contribution in [1.82, 2.24) is 0 Å². The van der Waals surface area contributed by atoms with Gasteiger partial charge in [-0.25, -0.2) is 0 Å². The molecule has 0 saturated carbocycles. The van der Waals surface area contributed by atoms with Gasteiger partial charge >= 0.3 is 6.36 Å². The van der Waals surface area contributed by atoms with Crippen LogP contribution in [-0.2, 0) is 0 Å². The lowest BCUT2D eigenvalue weighted by atomic mass is 9.93. The highest BCUT2D eigenvalue weighted by Gasteiger charge is 2.31. The molecule has 25 heavy (non-hydrogen) atoms. The SMILES string of the molecule is C=Cc1c(C)cc(-c2ccc(OC(F)(F)F)cc2)c(C)c1OC#CC. The highest BCUT2D eigenvalue weighted by Crippen LogP contribution is 2.37. The van der Waals surface area contributed by atoms with Gasteiger partial charge < -0.3 is 9.47 Å². The quantitative estimate of drug-likeness (QED) is 0.645. The Bertz CT molecular complexity index is 838. The first kappa shape index (κ1) is 18.5. The van der Waals surface area contributed by atoms with E-state index in [4.69, 9.17) is 4.74 Å². The number of hydrogen-bond donors (Lipinski definition) is 0. The van der Waals surface area contributed by atoms with E-state index in [1.807, 2.05) is 19.9 Å². The van der Waals surface area contributed by atoms with Gasteiger partial charge in [0.25, 0.3) is 0 Å². The summed E-state index contributed by atoms with van der Waals surface area (Å²) in [6, 6.07) is 7.66. The lowest BCUT2D eigenvalue weighted by molar-refractivity contribution is -0.274. The van der Waals surface area contributed by atoms with E-state index in [0.717, 1.165) is 27.8 Å². The molecule has 0 amide bonds. The van der Waals surface area contributed by atoms with E-state index in [1.54, 1.807) is 25.1 Å². The van der Waals surface area contributed by atoms with Crippen molar-refractivity contribution < 1.29 is 22.6 Å². The van der Waals surface area contributed by atoms with Gasteiger partial charge in [0.05, 0.1) is 0 Å². The first-order chi connectivity index (χ1) is 11.8. The molecule has 2 rings (SSSR count). The number of rotatable bonds is 4. The maximum atomic E-state index is 12.3. The zero-order valence-corrected chi connectivity index (χ0v) is 14.1. The van der Waals surface area contributed by atoms with Crippen molar-refractivity contribution >= 4 is 6.08 Å². The summed E-state index contributed by atoms with van der Waals surface area (Å²) in [6.45, 7) is 9.24. The molecule has 2 aromatic carbocycles. The van der Waals surface area contributed by atoms with Crippen LogP contribution < -0.4 is 9.47 Å². The minimum Gasteiger partial charge on any atom is -0.407 e. The van der Waals surface area contributed by atoms with Gasteiger partial charge in [0.2, 0.25) is 0 Å². The Kier molecular flexibility index (Phi) is 5.43. The van der Waals surface area contributed by atoms with E-state index in [2.05, 4.69) is 23.3 Å². The third-order valence-electron chi connectivity index (χ3n) is 3.63. The van der Waals surface area contributed by atoms with Crippen molar-refractivity contribution in [3.63, 3.8) is 0 Å². The van der Waals surface area contributed by atoms with E-state index in [-0.39, 0.29) is 5.75 Å². The van der Waals surface area contributed by atoms with E-state index < -0.39 is 6.36 Å². The van der Waals surface area contributed by atoms with Gasteiger partial charge in [-0.15, -0.1) is 13.2 Å². The summed E-state index contributed by atoms with van der Waals surface area (Å²) >= 11 is 0. The Hall–Kier alpha value is -2.87. The summed E-state index contributed by atoms with van der Waals surface area (Å²) < 4.78 is 46.3. The summed E-state index contributed by atoms with van der Waals surface area (Å²) in [4.78, 5) is 0. The van der Waals surface area contributed by atoms with Crippen LogP contribution in [0.25, 0.3) is 17.2 Å². The van der Waals surface area contributed by atoms with Crippen LogP contribution in [0.4, 0.5) is 13.2 Å². The molecule has 2 nitrogen and oxygen atoms in total. The van der Waals surface area contributed by atoms with Crippen LogP contribution >= 0.6 is 0 Å². The molecule has 0 heterocycles. The second-order valence-corrected chi connectivity index (χ2v) is 5.34. The zero-order chi connectivity index (χ0) is 18.6. The summed E-state index contributed by atoms with van der Waals surface area (Å²) in [6.07, 6.45) is -0.437. The summed E-state index contributed by atoms with van der Waals surface area (Å²) in [5.74, 6) is 3.00. The average Bonchev–Trinajstić information content (AvgIpc) is 2.54. The molecule has 0 saturated heterocycles. The summed E-state index contributed by atoms with van der Waals surface area (Å²) in [7, 11) is 0. The van der Waals surface area contributed by atoms with Gasteiger partial charge in [-0.05, 0) is 42.7 Å². The molecule has 0 spiro atoms. The van der Waals surface area contributed by atoms with E-state index >= 15 is 0 Å². The van der Waals surface area contributed by atoms with Gasteiger partial charge in [0.1, 0.15) is 11.9 Å². The Morgan fingerprint density at radius 1 is 1.12 bits per heavy atom. The molecule has 0 bridgehead atoms. The zero-order valence-electron chi connectivity index (χ0n) is 14.1. The van der Waals surface area contributed by atoms with Gasteiger partial charge in [-0.2, -0.15) is 0 Å². The van der Waals surface area contributed by atoms with E-state index in [1.165, 1.54) is 12.1 Å². The van der Waals surface area contributed by atoms with E-state index in [0.29, 0.717) is 5.75 Å². The largest absolute Gasteiger partial charge is 0.573 e. The molecule has 5 heteroatoms. The predicted molar refractivity (Wildman–Crippen MR) is 92.2 cm³/mol. The molecule has 0 unspecified atom stereocenters. The average molecular weight is 346 g/mol. The normalized spacial score (nSPS) is 10.6. The topological polar surface area (TPSA) is 18.5 Å². The number of benzene rings is 2. The molecule has 2 aromatic rings. The van der Waals surface area contributed by atoms with Crippen LogP contribution in [0, 0.1) is 25.9 Å². The summed E-state index contributed by atoms with van der Waals surface area (Å²) in [5, 5.41) is 0. The Labute approximate surface area is 144 Å². The van der Waals surface area contributed by atoms with Crippen LogP contribution in [0.3, 0.4) is 0 Å². The molecular weight excluding hydrogens is 329 g/mol. The third-order valence-corrected chi connectivity index (χ3v) is 3.63. The van der Waals surface area contributed by atoms with Gasteiger partial charge in [0, 0.05) is 18.1 Å². The number of ether oxygens (including phenoxy) is 2. The van der Waals surface area contributed by atoms with Gasteiger partial charge in [0.15, 0.2) is 5.75 Å². The summed E-state index contributed by atoms with van der Waals surface area (Å²) in [5.41, 5.74) is 4.18.